The molecular weight excluding hydrogens is 259 g/mol. The Morgan fingerprint density at radius 1 is 1.29 bits per heavy atom. The van der Waals surface area contributed by atoms with Crippen LogP contribution in [0.25, 0.3) is 0 Å². The van der Waals surface area contributed by atoms with E-state index in [9.17, 15) is 0 Å². The van der Waals surface area contributed by atoms with E-state index in [2.05, 4.69) is 15.6 Å². The van der Waals surface area contributed by atoms with Crippen LogP contribution in [0.3, 0.4) is 0 Å². The molecule has 1 N–H and O–H groups in total. The van der Waals surface area contributed by atoms with Crippen molar-refractivity contribution in [2.45, 2.75) is 13.1 Å². The third-order valence-electron chi connectivity index (χ3n) is 2.32. The van der Waals surface area contributed by atoms with Crippen LogP contribution in [0.1, 0.15) is 5.56 Å². The molecule has 1 heterocycles. The highest BCUT2D eigenvalue weighted by Crippen LogP contribution is 2.20. The first kappa shape index (κ1) is 12.4. The summed E-state index contributed by atoms with van der Waals surface area (Å²) in [6, 6.07) is 5.51. The third-order valence-corrected chi connectivity index (χ3v) is 2.91. The first-order chi connectivity index (χ1) is 8.25. The molecule has 4 nitrogen and oxygen atoms in total. The van der Waals surface area contributed by atoms with Crippen molar-refractivity contribution in [3.05, 3.63) is 46.2 Å². The number of nitrogens with one attached hydrogen (secondary N) is 1. The Balaban J connectivity index is 1.78. The normalized spacial score (nSPS) is 10.7. The summed E-state index contributed by atoms with van der Waals surface area (Å²) in [6.45, 7) is 2.30. The predicted molar refractivity (Wildman–Crippen MR) is 68.2 cm³/mol. The van der Waals surface area contributed by atoms with E-state index in [0.29, 0.717) is 16.6 Å². The molecule has 2 aromatic rings. The molecule has 0 radical (unpaired) electrons. The Hall–Kier alpha value is -1.10. The standard InChI is InChI=1S/C11H12Cl2N4/c12-10-2-1-9(11(13)7-10)8-14-3-5-17-6-4-15-16-17/h1-2,4,6-7,14H,3,5,8H2. The van der Waals surface area contributed by atoms with E-state index in [1.807, 2.05) is 18.3 Å². The number of rotatable bonds is 5. The van der Waals surface area contributed by atoms with E-state index >= 15 is 0 Å². The molecule has 1 aromatic heterocycles. The maximum absolute atomic E-state index is 6.06. The Morgan fingerprint density at radius 3 is 2.88 bits per heavy atom. The zero-order valence-corrected chi connectivity index (χ0v) is 10.6. The van der Waals surface area contributed by atoms with Gasteiger partial charge in [0.2, 0.25) is 0 Å². The molecule has 0 fully saturated rings. The van der Waals surface area contributed by atoms with Gasteiger partial charge >= 0.3 is 0 Å². The molecule has 0 saturated carbocycles. The van der Waals surface area contributed by atoms with Crippen LogP contribution in [0, 0.1) is 0 Å². The lowest BCUT2D eigenvalue weighted by atomic mass is 10.2. The van der Waals surface area contributed by atoms with Crippen molar-refractivity contribution in [3.8, 4) is 0 Å². The second-order valence-electron chi connectivity index (χ2n) is 3.58. The van der Waals surface area contributed by atoms with E-state index in [4.69, 9.17) is 23.2 Å². The smallest absolute Gasteiger partial charge is 0.0692 e. The van der Waals surface area contributed by atoms with Crippen molar-refractivity contribution >= 4 is 23.2 Å². The molecule has 0 unspecified atom stereocenters. The zero-order chi connectivity index (χ0) is 12.1. The molecule has 0 spiro atoms. The number of nitrogens with zero attached hydrogens (tertiary/aromatic N) is 3. The van der Waals surface area contributed by atoms with Gasteiger partial charge in [-0.25, -0.2) is 0 Å². The van der Waals surface area contributed by atoms with Crippen molar-refractivity contribution < 1.29 is 0 Å². The van der Waals surface area contributed by atoms with E-state index in [0.717, 1.165) is 18.7 Å². The minimum Gasteiger partial charge on any atom is -0.311 e. The SMILES string of the molecule is Clc1ccc(CNCCn2ccnn2)c(Cl)c1. The van der Waals surface area contributed by atoms with Crippen molar-refractivity contribution in [1.29, 1.82) is 0 Å². The van der Waals surface area contributed by atoms with Crippen molar-refractivity contribution in [2.24, 2.45) is 0 Å². The molecule has 0 amide bonds. The van der Waals surface area contributed by atoms with Gasteiger partial charge in [-0.2, -0.15) is 0 Å². The monoisotopic (exact) mass is 270 g/mol. The van der Waals surface area contributed by atoms with Gasteiger partial charge in [-0.3, -0.25) is 4.68 Å². The highest BCUT2D eigenvalue weighted by Gasteiger charge is 2.00. The lowest BCUT2D eigenvalue weighted by Crippen LogP contribution is -2.20. The van der Waals surface area contributed by atoms with Crippen LogP contribution in [0.5, 0.6) is 0 Å². The molecule has 0 atom stereocenters. The summed E-state index contributed by atoms with van der Waals surface area (Å²) in [5.74, 6) is 0. The van der Waals surface area contributed by atoms with Gasteiger partial charge in [0.15, 0.2) is 0 Å². The third kappa shape index (κ3) is 3.70. The fourth-order valence-electron chi connectivity index (χ4n) is 1.43. The maximum Gasteiger partial charge on any atom is 0.0692 e. The topological polar surface area (TPSA) is 42.7 Å². The number of hydrogen-bond acceptors (Lipinski definition) is 3. The van der Waals surface area contributed by atoms with E-state index in [1.54, 1.807) is 16.9 Å². The Labute approximate surface area is 110 Å². The molecule has 2 rings (SSSR count). The van der Waals surface area contributed by atoms with Crippen LogP contribution < -0.4 is 5.32 Å². The lowest BCUT2D eigenvalue weighted by molar-refractivity contribution is 0.540. The predicted octanol–water partition coefficient (Wildman–Crippen LogP) is 2.37. The summed E-state index contributed by atoms with van der Waals surface area (Å²) in [5, 5.41) is 12.2. The van der Waals surface area contributed by atoms with Gasteiger partial charge in [0, 0.05) is 29.3 Å². The molecule has 17 heavy (non-hydrogen) atoms. The highest BCUT2D eigenvalue weighted by atomic mass is 35.5. The number of hydrogen-bond donors (Lipinski definition) is 1. The van der Waals surface area contributed by atoms with Gasteiger partial charge in [0.25, 0.3) is 0 Å². The summed E-state index contributed by atoms with van der Waals surface area (Å²) in [7, 11) is 0. The molecule has 0 aliphatic rings. The van der Waals surface area contributed by atoms with Gasteiger partial charge < -0.3 is 5.32 Å². The van der Waals surface area contributed by atoms with Crippen LogP contribution in [-0.4, -0.2) is 21.5 Å². The van der Waals surface area contributed by atoms with Crippen LogP contribution in [-0.2, 0) is 13.1 Å². The zero-order valence-electron chi connectivity index (χ0n) is 9.11. The molecule has 0 aliphatic heterocycles. The van der Waals surface area contributed by atoms with Crippen LogP contribution in [0.15, 0.2) is 30.6 Å². The second kappa shape index (κ2) is 6.00. The van der Waals surface area contributed by atoms with Crippen molar-refractivity contribution in [3.63, 3.8) is 0 Å². The quantitative estimate of drug-likeness (QED) is 0.849. The average Bonchev–Trinajstić information content (AvgIpc) is 2.79. The van der Waals surface area contributed by atoms with Gasteiger partial charge in [0.1, 0.15) is 0 Å². The molecule has 0 aliphatic carbocycles. The first-order valence-electron chi connectivity index (χ1n) is 5.24. The highest BCUT2D eigenvalue weighted by molar-refractivity contribution is 6.35. The van der Waals surface area contributed by atoms with Gasteiger partial charge in [0.05, 0.1) is 12.7 Å². The second-order valence-corrected chi connectivity index (χ2v) is 4.42. The average molecular weight is 271 g/mol. The van der Waals surface area contributed by atoms with Crippen molar-refractivity contribution in [1.82, 2.24) is 20.3 Å². The lowest BCUT2D eigenvalue weighted by Gasteiger charge is -2.06. The molecule has 90 valence electrons. The maximum atomic E-state index is 6.06. The van der Waals surface area contributed by atoms with Gasteiger partial charge in [-0.15, -0.1) is 5.10 Å². The van der Waals surface area contributed by atoms with Gasteiger partial charge in [-0.1, -0.05) is 34.5 Å². The minimum absolute atomic E-state index is 0.654. The van der Waals surface area contributed by atoms with Crippen LogP contribution in [0.2, 0.25) is 10.0 Å². The number of aromatic nitrogens is 3. The summed E-state index contributed by atoms with van der Waals surface area (Å²) in [6.07, 6.45) is 3.49. The Kier molecular flexibility index (Phi) is 4.36. The molecule has 0 bridgehead atoms. The number of halogens is 2. The summed E-state index contributed by atoms with van der Waals surface area (Å²) >= 11 is 11.9. The largest absolute Gasteiger partial charge is 0.311 e. The van der Waals surface area contributed by atoms with Crippen LogP contribution >= 0.6 is 23.2 Å². The van der Waals surface area contributed by atoms with E-state index in [1.165, 1.54) is 0 Å². The molecule has 1 aromatic carbocycles. The summed E-state index contributed by atoms with van der Waals surface area (Å²) in [4.78, 5) is 0. The molecule has 0 saturated heterocycles. The number of benzene rings is 1. The van der Waals surface area contributed by atoms with Crippen molar-refractivity contribution in [2.75, 3.05) is 6.54 Å². The van der Waals surface area contributed by atoms with Gasteiger partial charge in [-0.05, 0) is 17.7 Å². The first-order valence-corrected chi connectivity index (χ1v) is 6.00. The Bertz CT molecular complexity index is 470. The summed E-state index contributed by atoms with van der Waals surface area (Å²) < 4.78 is 1.77. The fraction of sp³-hybridized carbons (Fsp3) is 0.273. The fourth-order valence-corrected chi connectivity index (χ4v) is 1.91. The Morgan fingerprint density at radius 2 is 2.18 bits per heavy atom. The minimum atomic E-state index is 0.654. The molecular formula is C11H12Cl2N4. The molecule has 6 heteroatoms. The van der Waals surface area contributed by atoms with E-state index < -0.39 is 0 Å². The van der Waals surface area contributed by atoms with Crippen LogP contribution in [0.4, 0.5) is 0 Å². The van der Waals surface area contributed by atoms with E-state index in [-0.39, 0.29) is 0 Å². The summed E-state index contributed by atoms with van der Waals surface area (Å²) in [5.41, 5.74) is 1.04.